The van der Waals surface area contributed by atoms with Crippen molar-refractivity contribution >= 4 is 29.2 Å². The minimum absolute atomic E-state index is 0.0262. The van der Waals surface area contributed by atoms with E-state index in [0.29, 0.717) is 29.1 Å². The number of anilines is 2. The number of nitrogens with one attached hydrogen (secondary N) is 2. The lowest BCUT2D eigenvalue weighted by Gasteiger charge is -2.16. The molecule has 0 aliphatic heterocycles. The Bertz CT molecular complexity index is 1060. The van der Waals surface area contributed by atoms with Crippen LogP contribution in [-0.4, -0.2) is 38.1 Å². The zero-order valence-corrected chi connectivity index (χ0v) is 21.2. The van der Waals surface area contributed by atoms with E-state index in [-0.39, 0.29) is 36.9 Å². The molecule has 0 aromatic heterocycles. The van der Waals surface area contributed by atoms with Crippen molar-refractivity contribution in [2.24, 2.45) is 11.8 Å². The molecule has 0 spiro atoms. The average Bonchev–Trinajstić information content (AvgIpc) is 2.87. The Labute approximate surface area is 212 Å². The second kappa shape index (κ2) is 14.4. The molecule has 8 heteroatoms. The normalized spacial score (nSPS) is 12.6. The fraction of sp³-hybridized carbons (Fsp3) is 0.321. The van der Waals surface area contributed by atoms with Gasteiger partial charge in [0.1, 0.15) is 24.7 Å². The van der Waals surface area contributed by atoms with Crippen LogP contribution in [0.25, 0.3) is 0 Å². The van der Waals surface area contributed by atoms with Crippen molar-refractivity contribution in [3.8, 4) is 11.5 Å². The van der Waals surface area contributed by atoms with E-state index in [4.69, 9.17) is 14.2 Å². The highest BCUT2D eigenvalue weighted by Crippen LogP contribution is 2.20. The van der Waals surface area contributed by atoms with Crippen LogP contribution in [-0.2, 0) is 19.1 Å². The van der Waals surface area contributed by atoms with Gasteiger partial charge in [0.2, 0.25) is 5.91 Å². The first-order valence-electron chi connectivity index (χ1n) is 11.7. The second-order valence-electron chi connectivity index (χ2n) is 8.38. The molecule has 0 radical (unpaired) electrons. The number of amides is 2. The largest absolute Gasteiger partial charge is 0.497 e. The molecule has 0 aliphatic rings. The van der Waals surface area contributed by atoms with Crippen LogP contribution >= 0.6 is 0 Å². The predicted molar refractivity (Wildman–Crippen MR) is 140 cm³/mol. The van der Waals surface area contributed by atoms with Crippen LogP contribution in [0.5, 0.6) is 11.5 Å². The van der Waals surface area contributed by atoms with Gasteiger partial charge >= 0.3 is 5.97 Å². The number of carbonyl (C=O) groups excluding carboxylic acids is 3. The third-order valence-corrected chi connectivity index (χ3v) is 5.30. The number of hydrogen-bond acceptors (Lipinski definition) is 6. The van der Waals surface area contributed by atoms with E-state index in [2.05, 4.69) is 17.2 Å². The van der Waals surface area contributed by atoms with Crippen LogP contribution in [0.4, 0.5) is 11.4 Å². The first-order chi connectivity index (χ1) is 17.2. The summed E-state index contributed by atoms with van der Waals surface area (Å²) in [4.78, 5) is 36.1. The van der Waals surface area contributed by atoms with E-state index in [9.17, 15) is 14.4 Å². The van der Waals surface area contributed by atoms with Gasteiger partial charge in [0.05, 0.1) is 7.11 Å². The number of hydrogen-bond donors (Lipinski definition) is 2. The summed E-state index contributed by atoms with van der Waals surface area (Å²) in [7, 11) is 1.59. The topological polar surface area (TPSA) is 103 Å². The summed E-state index contributed by atoms with van der Waals surface area (Å²) in [5.74, 6) is 0.305. The van der Waals surface area contributed by atoms with Gasteiger partial charge in [0.25, 0.3) is 5.91 Å². The number of benzene rings is 2. The van der Waals surface area contributed by atoms with E-state index >= 15 is 0 Å². The summed E-state index contributed by atoms with van der Waals surface area (Å²) >= 11 is 0. The van der Waals surface area contributed by atoms with Crippen molar-refractivity contribution in [2.75, 3.05) is 31.0 Å². The minimum Gasteiger partial charge on any atom is -0.497 e. The summed E-state index contributed by atoms with van der Waals surface area (Å²) in [6, 6.07) is 14.1. The lowest BCUT2D eigenvalue weighted by Crippen LogP contribution is -2.22. The number of rotatable bonds is 13. The number of allylic oxidation sites excluding steroid dienone is 1. The maximum atomic E-state index is 12.6. The van der Waals surface area contributed by atoms with Crippen molar-refractivity contribution in [1.82, 2.24) is 0 Å². The molecule has 2 atom stereocenters. The van der Waals surface area contributed by atoms with Gasteiger partial charge in [-0.25, -0.2) is 4.79 Å². The highest BCUT2D eigenvalue weighted by Gasteiger charge is 2.17. The summed E-state index contributed by atoms with van der Waals surface area (Å²) in [6.07, 6.45) is 3.56. The van der Waals surface area contributed by atoms with Crippen molar-refractivity contribution in [2.45, 2.75) is 27.2 Å². The van der Waals surface area contributed by atoms with Gasteiger partial charge in [0.15, 0.2) is 0 Å². The van der Waals surface area contributed by atoms with Crippen LogP contribution in [0.15, 0.2) is 72.8 Å². The highest BCUT2D eigenvalue weighted by molar-refractivity contribution is 6.03. The van der Waals surface area contributed by atoms with E-state index in [1.165, 1.54) is 0 Å². The fourth-order valence-electron chi connectivity index (χ4n) is 3.40. The SMILES string of the molecule is C=CC(=O)OCCOc1ccc(NC(=O)/C(C)=C/C(C)CC(C)C(=O)Nc2ccc(OC)cc2)cc1. The molecule has 36 heavy (non-hydrogen) atoms. The highest BCUT2D eigenvalue weighted by atomic mass is 16.6. The van der Waals surface area contributed by atoms with Crippen LogP contribution in [0.1, 0.15) is 27.2 Å². The molecule has 0 fully saturated rings. The van der Waals surface area contributed by atoms with Gasteiger partial charge in [-0.1, -0.05) is 26.5 Å². The molecule has 0 bridgehead atoms. The molecule has 0 saturated heterocycles. The summed E-state index contributed by atoms with van der Waals surface area (Å²) in [5, 5.41) is 5.75. The van der Waals surface area contributed by atoms with Gasteiger partial charge in [-0.3, -0.25) is 9.59 Å². The number of methoxy groups -OCH3 is 1. The Morgan fingerprint density at radius 1 is 0.917 bits per heavy atom. The van der Waals surface area contributed by atoms with E-state index in [1.807, 2.05) is 19.9 Å². The smallest absolute Gasteiger partial charge is 0.330 e. The van der Waals surface area contributed by atoms with Gasteiger partial charge in [0, 0.05) is 28.9 Å². The second-order valence-corrected chi connectivity index (χ2v) is 8.38. The summed E-state index contributed by atoms with van der Waals surface area (Å²) < 4.78 is 15.5. The molecular formula is C28H34N2O6. The number of carbonyl (C=O) groups is 3. The van der Waals surface area contributed by atoms with E-state index in [1.54, 1.807) is 62.6 Å². The monoisotopic (exact) mass is 494 g/mol. The molecule has 0 heterocycles. The Kier molecular flexibility index (Phi) is 11.2. The molecule has 2 amide bonds. The average molecular weight is 495 g/mol. The van der Waals surface area contributed by atoms with E-state index in [0.717, 1.165) is 11.8 Å². The van der Waals surface area contributed by atoms with Gasteiger partial charge < -0.3 is 24.8 Å². The number of esters is 1. The van der Waals surface area contributed by atoms with Crippen molar-refractivity contribution in [1.29, 1.82) is 0 Å². The third-order valence-electron chi connectivity index (χ3n) is 5.30. The standard InChI is InChI=1S/C28H34N2O6/c1-6-26(31)36-16-15-35-25-13-9-23(10-14-25)30-28(33)21(4)18-19(2)17-20(3)27(32)29-22-7-11-24(34-5)12-8-22/h6-14,18-20H,1,15-17H2,2-5H3,(H,29,32)(H,30,33)/b21-18+. The molecular weight excluding hydrogens is 460 g/mol. The van der Waals surface area contributed by atoms with Crippen LogP contribution in [0, 0.1) is 11.8 Å². The lowest BCUT2D eigenvalue weighted by molar-refractivity contribution is -0.138. The zero-order valence-electron chi connectivity index (χ0n) is 21.2. The molecule has 0 saturated carbocycles. The van der Waals surface area contributed by atoms with Crippen LogP contribution in [0.2, 0.25) is 0 Å². The maximum Gasteiger partial charge on any atom is 0.330 e. The van der Waals surface area contributed by atoms with Crippen molar-refractivity contribution < 1.29 is 28.6 Å². The molecule has 2 aromatic carbocycles. The Hall–Kier alpha value is -4.07. The van der Waals surface area contributed by atoms with Crippen LogP contribution in [0.3, 0.4) is 0 Å². The molecule has 2 rings (SSSR count). The summed E-state index contributed by atoms with van der Waals surface area (Å²) in [6.45, 7) is 9.24. The Morgan fingerprint density at radius 2 is 1.50 bits per heavy atom. The molecule has 0 aliphatic carbocycles. The minimum atomic E-state index is -0.499. The Balaban J connectivity index is 1.80. The summed E-state index contributed by atoms with van der Waals surface area (Å²) in [5.41, 5.74) is 1.90. The Morgan fingerprint density at radius 3 is 2.08 bits per heavy atom. The first-order valence-corrected chi connectivity index (χ1v) is 11.7. The van der Waals surface area contributed by atoms with Crippen LogP contribution < -0.4 is 20.1 Å². The lowest BCUT2D eigenvalue weighted by atomic mass is 9.94. The quantitative estimate of drug-likeness (QED) is 0.231. The first kappa shape index (κ1) is 28.2. The molecule has 192 valence electrons. The van der Waals surface area contributed by atoms with Gasteiger partial charge in [-0.05, 0) is 67.8 Å². The predicted octanol–water partition coefficient (Wildman–Crippen LogP) is 4.99. The van der Waals surface area contributed by atoms with Crippen molar-refractivity contribution in [3.05, 3.63) is 72.8 Å². The van der Waals surface area contributed by atoms with E-state index < -0.39 is 5.97 Å². The zero-order chi connectivity index (χ0) is 26.5. The molecule has 2 aromatic rings. The van der Waals surface area contributed by atoms with Gasteiger partial charge in [-0.2, -0.15) is 0 Å². The number of ether oxygens (including phenoxy) is 3. The molecule has 8 nitrogen and oxygen atoms in total. The molecule has 2 unspecified atom stereocenters. The maximum absolute atomic E-state index is 12.6. The molecule has 2 N–H and O–H groups in total. The van der Waals surface area contributed by atoms with Gasteiger partial charge in [-0.15, -0.1) is 0 Å². The third kappa shape index (κ3) is 9.66. The fourth-order valence-corrected chi connectivity index (χ4v) is 3.40. The van der Waals surface area contributed by atoms with Crippen molar-refractivity contribution in [3.63, 3.8) is 0 Å².